The first kappa shape index (κ1) is 12.8. The van der Waals surface area contributed by atoms with Crippen LogP contribution in [0.4, 0.5) is 11.5 Å². The molecule has 0 spiro atoms. The van der Waals surface area contributed by atoms with Gasteiger partial charge in [0.2, 0.25) is 0 Å². The van der Waals surface area contributed by atoms with E-state index in [0.717, 1.165) is 23.8 Å². The van der Waals surface area contributed by atoms with Gasteiger partial charge in [-0.15, -0.1) is 0 Å². The number of nitrogens with one attached hydrogen (secondary N) is 1. The number of nitrogens with zero attached hydrogens (tertiary/aromatic N) is 2. The van der Waals surface area contributed by atoms with Crippen LogP contribution >= 0.6 is 0 Å². The molecule has 1 aromatic heterocycles. The van der Waals surface area contributed by atoms with E-state index in [-0.39, 0.29) is 5.69 Å². The molecular formula is C13H19N3O2. The average molecular weight is 249 g/mol. The van der Waals surface area contributed by atoms with E-state index in [1.165, 1.54) is 25.5 Å². The second kappa shape index (κ2) is 5.33. The first-order valence-electron chi connectivity index (χ1n) is 6.41. The van der Waals surface area contributed by atoms with E-state index in [1.54, 1.807) is 6.07 Å². The predicted octanol–water partition coefficient (Wildman–Crippen LogP) is 3.15. The smallest absolute Gasteiger partial charge is 0.287 e. The van der Waals surface area contributed by atoms with Gasteiger partial charge in [0.15, 0.2) is 0 Å². The molecule has 5 nitrogen and oxygen atoms in total. The topological polar surface area (TPSA) is 68.1 Å². The van der Waals surface area contributed by atoms with Crippen molar-refractivity contribution in [2.75, 3.05) is 11.9 Å². The second-order valence-corrected chi connectivity index (χ2v) is 5.28. The molecule has 0 bridgehead atoms. The van der Waals surface area contributed by atoms with Gasteiger partial charge in [-0.2, -0.15) is 0 Å². The summed E-state index contributed by atoms with van der Waals surface area (Å²) in [5, 5.41) is 13.9. The van der Waals surface area contributed by atoms with Crippen LogP contribution in [0.3, 0.4) is 0 Å². The molecule has 0 saturated heterocycles. The van der Waals surface area contributed by atoms with E-state index >= 15 is 0 Å². The number of anilines is 1. The molecule has 0 aliphatic heterocycles. The third-order valence-corrected chi connectivity index (χ3v) is 3.64. The van der Waals surface area contributed by atoms with Crippen LogP contribution in [0, 0.1) is 28.9 Å². The molecule has 1 fully saturated rings. The van der Waals surface area contributed by atoms with Gasteiger partial charge in [0, 0.05) is 12.6 Å². The number of aromatic nitrogens is 1. The first-order valence-corrected chi connectivity index (χ1v) is 6.41. The standard InChI is InChI=1S/C13H19N3O2/c1-9-3-4-11(5-9)7-14-13-10(2)6-12(8-15-13)16(17)18/h6,8-9,11H,3-5,7H2,1-2H3,(H,14,15). The monoisotopic (exact) mass is 249 g/mol. The largest absolute Gasteiger partial charge is 0.370 e. The van der Waals surface area contributed by atoms with E-state index in [0.29, 0.717) is 5.92 Å². The minimum atomic E-state index is -0.414. The lowest BCUT2D eigenvalue weighted by Crippen LogP contribution is -2.13. The molecule has 0 radical (unpaired) electrons. The third-order valence-electron chi connectivity index (χ3n) is 3.64. The van der Waals surface area contributed by atoms with Gasteiger partial charge in [-0.25, -0.2) is 4.98 Å². The van der Waals surface area contributed by atoms with Crippen LogP contribution in [0.25, 0.3) is 0 Å². The molecule has 1 aliphatic carbocycles. The molecule has 0 aromatic carbocycles. The highest BCUT2D eigenvalue weighted by Crippen LogP contribution is 2.30. The molecule has 1 aliphatic rings. The zero-order valence-corrected chi connectivity index (χ0v) is 10.8. The summed E-state index contributed by atoms with van der Waals surface area (Å²) in [5.74, 6) is 2.29. The summed E-state index contributed by atoms with van der Waals surface area (Å²) < 4.78 is 0. The van der Waals surface area contributed by atoms with Crippen molar-refractivity contribution in [1.82, 2.24) is 4.98 Å². The Bertz CT molecular complexity index is 448. The van der Waals surface area contributed by atoms with Crippen molar-refractivity contribution in [3.05, 3.63) is 27.9 Å². The van der Waals surface area contributed by atoms with Gasteiger partial charge in [0.05, 0.1) is 4.92 Å². The Labute approximate surface area is 107 Å². The fraction of sp³-hybridized carbons (Fsp3) is 0.615. The Morgan fingerprint density at radius 2 is 2.33 bits per heavy atom. The van der Waals surface area contributed by atoms with Crippen LogP contribution in [-0.2, 0) is 0 Å². The van der Waals surface area contributed by atoms with E-state index in [9.17, 15) is 10.1 Å². The number of aryl methyl sites for hydroxylation is 1. The lowest BCUT2D eigenvalue weighted by atomic mass is 10.1. The molecule has 1 aromatic rings. The van der Waals surface area contributed by atoms with Gasteiger partial charge in [-0.05, 0) is 37.2 Å². The summed E-state index contributed by atoms with van der Waals surface area (Å²) in [6, 6.07) is 1.56. The van der Waals surface area contributed by atoms with Crippen molar-refractivity contribution in [2.24, 2.45) is 11.8 Å². The van der Waals surface area contributed by atoms with E-state index in [4.69, 9.17) is 0 Å². The van der Waals surface area contributed by atoms with Gasteiger partial charge in [-0.3, -0.25) is 10.1 Å². The number of pyridine rings is 1. The number of hydrogen-bond donors (Lipinski definition) is 1. The van der Waals surface area contributed by atoms with Gasteiger partial charge < -0.3 is 5.32 Å². The molecule has 2 atom stereocenters. The maximum Gasteiger partial charge on any atom is 0.287 e. The zero-order valence-electron chi connectivity index (χ0n) is 10.8. The zero-order chi connectivity index (χ0) is 13.1. The summed E-state index contributed by atoms with van der Waals surface area (Å²) in [6.45, 7) is 5.05. The molecule has 1 saturated carbocycles. The number of nitro groups is 1. The maximum absolute atomic E-state index is 10.6. The normalized spacial score (nSPS) is 23.0. The summed E-state index contributed by atoms with van der Waals surface area (Å²) in [4.78, 5) is 14.3. The molecule has 1 N–H and O–H groups in total. The van der Waals surface area contributed by atoms with Gasteiger partial charge >= 0.3 is 0 Å². The van der Waals surface area contributed by atoms with Crippen LogP contribution in [0.1, 0.15) is 31.7 Å². The highest BCUT2D eigenvalue weighted by molar-refractivity contribution is 5.48. The summed E-state index contributed by atoms with van der Waals surface area (Å²) in [5.41, 5.74) is 0.878. The summed E-state index contributed by atoms with van der Waals surface area (Å²) in [6.07, 6.45) is 5.14. The first-order chi connectivity index (χ1) is 8.56. The minimum Gasteiger partial charge on any atom is -0.370 e. The van der Waals surface area contributed by atoms with Crippen molar-refractivity contribution in [3.63, 3.8) is 0 Å². The molecule has 5 heteroatoms. The van der Waals surface area contributed by atoms with Crippen molar-refractivity contribution < 1.29 is 4.92 Å². The Morgan fingerprint density at radius 1 is 1.56 bits per heavy atom. The van der Waals surface area contributed by atoms with Crippen molar-refractivity contribution in [3.8, 4) is 0 Å². The van der Waals surface area contributed by atoms with Crippen molar-refractivity contribution >= 4 is 11.5 Å². The lowest BCUT2D eigenvalue weighted by Gasteiger charge is -2.13. The minimum absolute atomic E-state index is 0.0486. The Kier molecular flexibility index (Phi) is 3.79. The molecule has 0 amide bonds. The van der Waals surface area contributed by atoms with E-state index in [1.807, 2.05) is 6.92 Å². The Hall–Kier alpha value is -1.65. The maximum atomic E-state index is 10.6. The number of rotatable bonds is 4. The van der Waals surface area contributed by atoms with Gasteiger partial charge in [-0.1, -0.05) is 13.3 Å². The highest BCUT2D eigenvalue weighted by Gasteiger charge is 2.21. The highest BCUT2D eigenvalue weighted by atomic mass is 16.6. The quantitative estimate of drug-likeness (QED) is 0.657. The van der Waals surface area contributed by atoms with Gasteiger partial charge in [0.25, 0.3) is 5.69 Å². The number of hydrogen-bond acceptors (Lipinski definition) is 4. The fourth-order valence-electron chi connectivity index (χ4n) is 2.60. The van der Waals surface area contributed by atoms with Crippen LogP contribution < -0.4 is 5.32 Å². The van der Waals surface area contributed by atoms with E-state index in [2.05, 4.69) is 17.2 Å². The van der Waals surface area contributed by atoms with Crippen LogP contribution in [0.15, 0.2) is 12.3 Å². The van der Waals surface area contributed by atoms with Crippen molar-refractivity contribution in [2.45, 2.75) is 33.1 Å². The van der Waals surface area contributed by atoms with Crippen LogP contribution in [0.5, 0.6) is 0 Å². The fourth-order valence-corrected chi connectivity index (χ4v) is 2.60. The van der Waals surface area contributed by atoms with Crippen LogP contribution in [-0.4, -0.2) is 16.5 Å². The third kappa shape index (κ3) is 2.97. The van der Waals surface area contributed by atoms with Crippen LogP contribution in [0.2, 0.25) is 0 Å². The molecular weight excluding hydrogens is 230 g/mol. The Balaban J connectivity index is 1.95. The average Bonchev–Trinajstić information content (AvgIpc) is 2.73. The lowest BCUT2D eigenvalue weighted by molar-refractivity contribution is -0.385. The van der Waals surface area contributed by atoms with Gasteiger partial charge in [0.1, 0.15) is 12.0 Å². The molecule has 2 rings (SSSR count). The van der Waals surface area contributed by atoms with Crippen molar-refractivity contribution in [1.29, 1.82) is 0 Å². The van der Waals surface area contributed by atoms with E-state index < -0.39 is 4.92 Å². The second-order valence-electron chi connectivity index (χ2n) is 5.28. The Morgan fingerprint density at radius 3 is 2.89 bits per heavy atom. The summed E-state index contributed by atoms with van der Waals surface area (Å²) >= 11 is 0. The molecule has 2 unspecified atom stereocenters. The SMILES string of the molecule is Cc1cc([N+](=O)[O-])cnc1NCC1CCC(C)C1. The molecule has 98 valence electrons. The molecule has 1 heterocycles. The molecule has 18 heavy (non-hydrogen) atoms. The summed E-state index contributed by atoms with van der Waals surface area (Å²) in [7, 11) is 0. The predicted molar refractivity (Wildman–Crippen MR) is 70.6 cm³/mol.